The number of amidine groups is 2. The number of hydrazone groups is 1. The molecule has 0 fully saturated rings. The lowest BCUT2D eigenvalue weighted by Gasteiger charge is -2.20. The number of aliphatic imine (C=N–C) groups is 1. The number of rotatable bonds is 5. The number of benzene rings is 3. The van der Waals surface area contributed by atoms with Gasteiger partial charge in [0.15, 0.2) is 5.84 Å². The molecule has 2 aliphatic heterocycles. The van der Waals surface area contributed by atoms with Gasteiger partial charge < -0.3 is 4.18 Å². The van der Waals surface area contributed by atoms with Crippen molar-refractivity contribution in [3.05, 3.63) is 100 Å². The van der Waals surface area contributed by atoms with Crippen LogP contribution in [0.25, 0.3) is 6.08 Å². The molecule has 3 aromatic rings. The van der Waals surface area contributed by atoms with Crippen LogP contribution < -0.4 is 4.18 Å². The van der Waals surface area contributed by atoms with E-state index in [0.717, 1.165) is 17.3 Å². The second kappa shape index (κ2) is 9.38. The van der Waals surface area contributed by atoms with Crippen molar-refractivity contribution in [1.82, 2.24) is 5.01 Å². The predicted molar refractivity (Wildman–Crippen MR) is 141 cm³/mol. The van der Waals surface area contributed by atoms with Crippen LogP contribution in [0.15, 0.2) is 93.4 Å². The van der Waals surface area contributed by atoms with E-state index in [1.165, 1.54) is 35.4 Å². The molecule has 0 bridgehead atoms. The number of aryl methyl sites for hydroxylation is 1. The Hall–Kier alpha value is -3.73. The third-order valence-electron chi connectivity index (χ3n) is 5.27. The second-order valence-corrected chi connectivity index (χ2v) is 10.7. The summed E-state index contributed by atoms with van der Waals surface area (Å²) in [7, 11) is -3.98. The molecule has 5 rings (SSSR count). The first-order chi connectivity index (χ1) is 17.2. The topological polar surface area (TPSA) is 112 Å². The molecule has 2 aliphatic rings. The zero-order chi connectivity index (χ0) is 25.4. The van der Waals surface area contributed by atoms with E-state index in [1.54, 1.807) is 42.5 Å². The number of thioether (sulfide) groups is 1. The average Bonchev–Trinajstić information content (AvgIpc) is 3.27. The third-order valence-corrected chi connectivity index (χ3v) is 7.80. The Morgan fingerprint density at radius 2 is 1.72 bits per heavy atom. The van der Waals surface area contributed by atoms with E-state index in [-0.39, 0.29) is 27.2 Å². The molecular formula is C25H17ClN4O4S2. The van der Waals surface area contributed by atoms with Gasteiger partial charge in [0.2, 0.25) is 5.17 Å². The van der Waals surface area contributed by atoms with Crippen LogP contribution in [-0.2, 0) is 14.9 Å². The minimum atomic E-state index is -3.98. The SMILES string of the molecule is Cc1ccc(S(=O)(=O)Oc2ccc(/C=C3/C(=N)N4N=C(c5ccccc5Cl)SC4=NC3=O)cc2)cc1. The number of fused-ring (bicyclic) bond motifs is 1. The van der Waals surface area contributed by atoms with Crippen LogP contribution in [0, 0.1) is 12.3 Å². The number of halogens is 1. The molecule has 0 unspecified atom stereocenters. The summed E-state index contributed by atoms with van der Waals surface area (Å²) < 4.78 is 30.2. The zero-order valence-electron chi connectivity index (χ0n) is 18.7. The van der Waals surface area contributed by atoms with Crippen molar-refractivity contribution in [2.24, 2.45) is 10.1 Å². The molecule has 1 amide bonds. The molecule has 3 aromatic carbocycles. The molecule has 11 heteroatoms. The molecule has 36 heavy (non-hydrogen) atoms. The number of carbonyl (C=O) groups excluding carboxylic acids is 1. The van der Waals surface area contributed by atoms with Crippen LogP contribution in [0.2, 0.25) is 5.02 Å². The number of nitrogens with one attached hydrogen (secondary N) is 1. The Morgan fingerprint density at radius 1 is 1.03 bits per heavy atom. The van der Waals surface area contributed by atoms with Gasteiger partial charge in [-0.2, -0.15) is 23.5 Å². The van der Waals surface area contributed by atoms with E-state index in [9.17, 15) is 13.2 Å². The van der Waals surface area contributed by atoms with Crippen molar-refractivity contribution in [2.75, 3.05) is 0 Å². The van der Waals surface area contributed by atoms with E-state index in [2.05, 4.69) is 10.1 Å². The molecular weight excluding hydrogens is 520 g/mol. The number of amides is 1. The molecule has 0 saturated heterocycles. The molecule has 8 nitrogen and oxygen atoms in total. The fraction of sp³-hybridized carbons (Fsp3) is 0.0400. The van der Waals surface area contributed by atoms with Crippen LogP contribution in [0.1, 0.15) is 16.7 Å². The standard InChI is InChI=1S/C25H17ClN4O4S2/c1-15-6-12-18(13-7-15)36(32,33)34-17-10-8-16(9-11-17)14-20-22(27)30-25(28-23(20)31)35-24(29-30)19-4-2-3-5-21(19)26/h2-14,27H,1H3/b20-14-,27-22?. The smallest absolute Gasteiger partial charge is 0.339 e. The van der Waals surface area contributed by atoms with Gasteiger partial charge in [0.05, 0.1) is 10.6 Å². The highest BCUT2D eigenvalue weighted by atomic mass is 35.5. The van der Waals surface area contributed by atoms with Crippen molar-refractivity contribution in [1.29, 1.82) is 5.41 Å². The summed E-state index contributed by atoms with van der Waals surface area (Å²) in [4.78, 5) is 16.8. The van der Waals surface area contributed by atoms with E-state index < -0.39 is 16.0 Å². The van der Waals surface area contributed by atoms with Gasteiger partial charge in [-0.1, -0.05) is 59.6 Å². The Kier molecular flexibility index (Phi) is 6.25. The molecule has 0 radical (unpaired) electrons. The highest BCUT2D eigenvalue weighted by Crippen LogP contribution is 2.33. The fourth-order valence-corrected chi connectivity index (χ4v) is 5.54. The van der Waals surface area contributed by atoms with Gasteiger partial charge in [-0.3, -0.25) is 10.2 Å². The second-order valence-electron chi connectivity index (χ2n) is 7.82. The lowest BCUT2D eigenvalue weighted by Crippen LogP contribution is -2.35. The van der Waals surface area contributed by atoms with Crippen molar-refractivity contribution in [3.8, 4) is 5.75 Å². The maximum Gasteiger partial charge on any atom is 0.339 e. The minimum Gasteiger partial charge on any atom is -0.379 e. The van der Waals surface area contributed by atoms with E-state index in [1.807, 2.05) is 13.0 Å². The molecule has 0 aromatic heterocycles. The van der Waals surface area contributed by atoms with Gasteiger partial charge in [-0.25, -0.2) is 0 Å². The maximum atomic E-state index is 12.7. The summed E-state index contributed by atoms with van der Waals surface area (Å²) in [6.07, 6.45) is 1.50. The van der Waals surface area contributed by atoms with Gasteiger partial charge in [-0.05, 0) is 60.7 Å². The van der Waals surface area contributed by atoms with Crippen LogP contribution in [-0.4, -0.2) is 35.4 Å². The molecule has 180 valence electrons. The summed E-state index contributed by atoms with van der Waals surface area (Å²) >= 11 is 7.43. The molecule has 0 saturated carbocycles. The Bertz CT molecular complexity index is 1600. The van der Waals surface area contributed by atoms with Gasteiger partial charge in [0.1, 0.15) is 15.7 Å². The number of hydrogen-bond donors (Lipinski definition) is 1. The Labute approximate surface area is 216 Å². The normalized spacial score (nSPS) is 16.6. The number of nitrogens with zero attached hydrogens (tertiary/aromatic N) is 3. The monoisotopic (exact) mass is 536 g/mol. The molecule has 2 heterocycles. The average molecular weight is 537 g/mol. The summed E-state index contributed by atoms with van der Waals surface area (Å²) in [6, 6.07) is 19.6. The van der Waals surface area contributed by atoms with Crippen LogP contribution in [0.5, 0.6) is 5.75 Å². The first kappa shape index (κ1) is 24.0. The van der Waals surface area contributed by atoms with E-state index in [4.69, 9.17) is 21.2 Å². The first-order valence-corrected chi connectivity index (χ1v) is 13.2. The lowest BCUT2D eigenvalue weighted by atomic mass is 10.1. The van der Waals surface area contributed by atoms with Gasteiger partial charge in [0, 0.05) is 5.56 Å². The Morgan fingerprint density at radius 3 is 2.42 bits per heavy atom. The summed E-state index contributed by atoms with van der Waals surface area (Å²) in [6.45, 7) is 1.86. The predicted octanol–water partition coefficient (Wildman–Crippen LogP) is 5.08. The minimum absolute atomic E-state index is 0.0458. The zero-order valence-corrected chi connectivity index (χ0v) is 21.1. The first-order valence-electron chi connectivity index (χ1n) is 10.6. The number of carbonyl (C=O) groups is 1. The third kappa shape index (κ3) is 4.70. The summed E-state index contributed by atoms with van der Waals surface area (Å²) in [5.74, 6) is -0.577. The summed E-state index contributed by atoms with van der Waals surface area (Å²) in [5, 5.41) is 15.6. The summed E-state index contributed by atoms with van der Waals surface area (Å²) in [5.41, 5.74) is 2.22. The number of hydrogen-bond acceptors (Lipinski definition) is 7. The van der Waals surface area contributed by atoms with E-state index in [0.29, 0.717) is 21.2 Å². The molecule has 0 aliphatic carbocycles. The van der Waals surface area contributed by atoms with Gasteiger partial charge in [-0.15, -0.1) is 0 Å². The van der Waals surface area contributed by atoms with Crippen molar-refractivity contribution < 1.29 is 17.4 Å². The fourth-order valence-electron chi connectivity index (χ4n) is 3.40. The van der Waals surface area contributed by atoms with Gasteiger partial charge >= 0.3 is 10.1 Å². The van der Waals surface area contributed by atoms with Crippen molar-refractivity contribution in [2.45, 2.75) is 11.8 Å². The molecule has 0 spiro atoms. The Balaban J connectivity index is 1.36. The van der Waals surface area contributed by atoms with Crippen LogP contribution in [0.3, 0.4) is 0 Å². The van der Waals surface area contributed by atoms with Crippen molar-refractivity contribution >= 4 is 61.5 Å². The van der Waals surface area contributed by atoms with Crippen molar-refractivity contribution in [3.63, 3.8) is 0 Å². The van der Waals surface area contributed by atoms with Crippen LogP contribution in [0.4, 0.5) is 0 Å². The highest BCUT2D eigenvalue weighted by molar-refractivity contribution is 8.27. The maximum absolute atomic E-state index is 12.7. The van der Waals surface area contributed by atoms with Crippen LogP contribution >= 0.6 is 23.4 Å². The molecule has 0 atom stereocenters. The quantitative estimate of drug-likeness (QED) is 0.359. The molecule has 1 N–H and O–H groups in total. The largest absolute Gasteiger partial charge is 0.379 e. The van der Waals surface area contributed by atoms with Gasteiger partial charge in [0.25, 0.3) is 5.91 Å². The van der Waals surface area contributed by atoms with E-state index >= 15 is 0 Å². The highest BCUT2D eigenvalue weighted by Gasteiger charge is 2.36. The lowest BCUT2D eigenvalue weighted by molar-refractivity contribution is -0.114.